The van der Waals surface area contributed by atoms with Crippen LogP contribution in [0.1, 0.15) is 28.7 Å². The third-order valence-electron chi connectivity index (χ3n) is 3.29. The quantitative estimate of drug-likeness (QED) is 0.935. The number of pyridine rings is 1. The average Bonchev–Trinajstić information content (AvgIpc) is 2.61. The van der Waals surface area contributed by atoms with E-state index in [9.17, 15) is 0 Å². The molecule has 4 nitrogen and oxygen atoms in total. The number of hydrogen-bond donors (Lipinski definition) is 1. The molecule has 0 saturated heterocycles. The van der Waals surface area contributed by atoms with Gasteiger partial charge in [-0.2, -0.15) is 5.10 Å². The van der Waals surface area contributed by atoms with E-state index in [1.54, 1.807) is 4.68 Å². The zero-order valence-electron chi connectivity index (χ0n) is 11.7. The molecule has 0 spiro atoms. The monoisotopic (exact) mass is 278 g/mol. The molecule has 0 aliphatic heterocycles. The molecule has 2 heterocycles. The summed E-state index contributed by atoms with van der Waals surface area (Å²) in [5, 5.41) is 8.34. The highest BCUT2D eigenvalue weighted by atomic mass is 35.5. The lowest BCUT2D eigenvalue weighted by Crippen LogP contribution is -2.20. The van der Waals surface area contributed by atoms with E-state index in [1.165, 1.54) is 0 Å². The van der Waals surface area contributed by atoms with E-state index in [0.717, 1.165) is 29.1 Å². The lowest BCUT2D eigenvalue weighted by Gasteiger charge is -2.16. The van der Waals surface area contributed by atoms with Gasteiger partial charge >= 0.3 is 0 Å². The minimum atomic E-state index is 0.139. The first-order chi connectivity index (χ1) is 9.02. The summed E-state index contributed by atoms with van der Waals surface area (Å²) in [5.41, 5.74) is 4.10. The fourth-order valence-electron chi connectivity index (χ4n) is 2.22. The van der Waals surface area contributed by atoms with Crippen molar-refractivity contribution in [3.05, 3.63) is 46.0 Å². The maximum absolute atomic E-state index is 6.29. The summed E-state index contributed by atoms with van der Waals surface area (Å²) in [6.45, 7) is 3.98. The van der Waals surface area contributed by atoms with Gasteiger partial charge in [0, 0.05) is 18.3 Å². The van der Waals surface area contributed by atoms with Crippen molar-refractivity contribution in [3.63, 3.8) is 0 Å². The van der Waals surface area contributed by atoms with Crippen LogP contribution in [-0.2, 0) is 13.5 Å². The van der Waals surface area contributed by atoms with Gasteiger partial charge in [0.25, 0.3) is 0 Å². The van der Waals surface area contributed by atoms with E-state index in [1.807, 2.05) is 46.1 Å². The van der Waals surface area contributed by atoms with Gasteiger partial charge in [-0.15, -0.1) is 0 Å². The van der Waals surface area contributed by atoms with E-state index < -0.39 is 0 Å². The van der Waals surface area contributed by atoms with Gasteiger partial charge in [0.05, 0.1) is 17.4 Å². The van der Waals surface area contributed by atoms with Crippen molar-refractivity contribution >= 4 is 11.6 Å². The number of hydrogen-bond acceptors (Lipinski definition) is 3. The molecule has 0 amide bonds. The van der Waals surface area contributed by atoms with Crippen LogP contribution in [0.5, 0.6) is 0 Å². The van der Waals surface area contributed by atoms with E-state index in [-0.39, 0.29) is 6.04 Å². The first-order valence-corrected chi connectivity index (χ1v) is 6.69. The number of rotatable bonds is 4. The highest BCUT2D eigenvalue weighted by Crippen LogP contribution is 2.24. The van der Waals surface area contributed by atoms with Crippen molar-refractivity contribution in [1.82, 2.24) is 20.1 Å². The lowest BCUT2D eigenvalue weighted by atomic mass is 10.0. The number of nitrogens with one attached hydrogen (secondary N) is 1. The predicted molar refractivity (Wildman–Crippen MR) is 77.4 cm³/mol. The maximum atomic E-state index is 6.29. The summed E-state index contributed by atoms with van der Waals surface area (Å²) in [7, 11) is 3.80. The first-order valence-electron chi connectivity index (χ1n) is 6.31. The smallest absolute Gasteiger partial charge is 0.130 e. The molecule has 0 radical (unpaired) electrons. The average molecular weight is 279 g/mol. The van der Waals surface area contributed by atoms with Crippen LogP contribution in [0.4, 0.5) is 0 Å². The van der Waals surface area contributed by atoms with Crippen LogP contribution in [0, 0.1) is 13.8 Å². The molecule has 1 atom stereocenters. The molecule has 5 heteroatoms. The molecule has 0 aliphatic carbocycles. The van der Waals surface area contributed by atoms with E-state index in [2.05, 4.69) is 15.4 Å². The van der Waals surface area contributed by atoms with Gasteiger partial charge in [-0.3, -0.25) is 9.67 Å². The standard InChI is InChI=1S/C14H19ClN4/c1-9-6-5-7-12(17-9)13(16-3)8-11-10(2)18-19(4)14(11)15/h5-7,13,16H,8H2,1-4H3. The maximum Gasteiger partial charge on any atom is 0.130 e. The summed E-state index contributed by atoms with van der Waals surface area (Å²) >= 11 is 6.29. The summed E-state index contributed by atoms with van der Waals surface area (Å²) in [6.07, 6.45) is 0.783. The number of halogens is 1. The molecule has 0 fully saturated rings. The van der Waals surface area contributed by atoms with E-state index in [4.69, 9.17) is 11.6 Å². The van der Waals surface area contributed by atoms with E-state index in [0.29, 0.717) is 5.15 Å². The highest BCUT2D eigenvalue weighted by molar-refractivity contribution is 6.30. The molecule has 0 saturated carbocycles. The molecule has 0 bridgehead atoms. The molecule has 2 rings (SSSR count). The second-order valence-corrected chi connectivity index (χ2v) is 5.09. The van der Waals surface area contributed by atoms with Crippen molar-refractivity contribution in [2.75, 3.05) is 7.05 Å². The summed E-state index contributed by atoms with van der Waals surface area (Å²) in [5.74, 6) is 0. The normalized spacial score (nSPS) is 12.7. The molecule has 0 aliphatic rings. The molecule has 0 aromatic carbocycles. The Morgan fingerprint density at radius 3 is 2.63 bits per heavy atom. The zero-order valence-corrected chi connectivity index (χ0v) is 12.5. The Morgan fingerprint density at radius 1 is 1.37 bits per heavy atom. The second kappa shape index (κ2) is 5.72. The Balaban J connectivity index is 2.29. The summed E-state index contributed by atoms with van der Waals surface area (Å²) in [4.78, 5) is 4.57. The molecule has 2 aromatic rings. The third kappa shape index (κ3) is 2.96. The predicted octanol–water partition coefficient (Wildman–Crippen LogP) is 2.59. The molecule has 2 aromatic heterocycles. The molecular formula is C14H19ClN4. The van der Waals surface area contributed by atoms with Crippen LogP contribution < -0.4 is 5.32 Å². The summed E-state index contributed by atoms with van der Waals surface area (Å²) in [6, 6.07) is 6.20. The Hall–Kier alpha value is -1.39. The van der Waals surface area contributed by atoms with Crippen LogP contribution in [-0.4, -0.2) is 21.8 Å². The molecule has 1 N–H and O–H groups in total. The van der Waals surface area contributed by atoms with Gasteiger partial charge in [-0.1, -0.05) is 17.7 Å². The van der Waals surface area contributed by atoms with Crippen molar-refractivity contribution in [2.45, 2.75) is 26.3 Å². The molecule has 19 heavy (non-hydrogen) atoms. The van der Waals surface area contributed by atoms with E-state index >= 15 is 0 Å². The van der Waals surface area contributed by atoms with Gasteiger partial charge in [0.1, 0.15) is 5.15 Å². The highest BCUT2D eigenvalue weighted by Gasteiger charge is 2.18. The van der Waals surface area contributed by atoms with Crippen LogP contribution >= 0.6 is 11.6 Å². The van der Waals surface area contributed by atoms with Crippen molar-refractivity contribution in [1.29, 1.82) is 0 Å². The third-order valence-corrected chi connectivity index (χ3v) is 3.77. The van der Waals surface area contributed by atoms with Crippen LogP contribution in [0.2, 0.25) is 5.15 Å². The molecule has 102 valence electrons. The Bertz CT molecular complexity index is 577. The van der Waals surface area contributed by atoms with Gasteiger partial charge in [0.15, 0.2) is 0 Å². The number of aryl methyl sites for hydroxylation is 3. The molecular weight excluding hydrogens is 260 g/mol. The Labute approximate surface area is 118 Å². The minimum absolute atomic E-state index is 0.139. The van der Waals surface area contributed by atoms with Gasteiger partial charge < -0.3 is 5.32 Å². The number of likely N-dealkylation sites (N-methyl/N-ethyl adjacent to an activating group) is 1. The Kier molecular flexibility index (Phi) is 4.22. The number of nitrogens with zero attached hydrogens (tertiary/aromatic N) is 3. The summed E-state index contributed by atoms with van der Waals surface area (Å²) < 4.78 is 1.71. The topological polar surface area (TPSA) is 42.7 Å². The van der Waals surface area contributed by atoms with Gasteiger partial charge in [0.2, 0.25) is 0 Å². The fourth-order valence-corrected chi connectivity index (χ4v) is 2.47. The SMILES string of the molecule is CNC(Cc1c(C)nn(C)c1Cl)c1cccc(C)n1. The largest absolute Gasteiger partial charge is 0.311 e. The lowest BCUT2D eigenvalue weighted by molar-refractivity contribution is 0.573. The fraction of sp³-hybridized carbons (Fsp3) is 0.429. The zero-order chi connectivity index (χ0) is 14.0. The van der Waals surface area contributed by atoms with Crippen molar-refractivity contribution in [3.8, 4) is 0 Å². The molecule has 1 unspecified atom stereocenters. The van der Waals surface area contributed by atoms with Crippen LogP contribution in [0.15, 0.2) is 18.2 Å². The minimum Gasteiger partial charge on any atom is -0.311 e. The van der Waals surface area contributed by atoms with Gasteiger partial charge in [-0.05, 0) is 39.4 Å². The first kappa shape index (κ1) is 14.0. The van der Waals surface area contributed by atoms with Crippen LogP contribution in [0.3, 0.4) is 0 Å². The van der Waals surface area contributed by atoms with Crippen LogP contribution in [0.25, 0.3) is 0 Å². The van der Waals surface area contributed by atoms with Gasteiger partial charge in [-0.25, -0.2) is 0 Å². The second-order valence-electron chi connectivity index (χ2n) is 4.73. The Morgan fingerprint density at radius 2 is 2.11 bits per heavy atom. The number of aromatic nitrogens is 3. The van der Waals surface area contributed by atoms with Crippen molar-refractivity contribution in [2.24, 2.45) is 7.05 Å². The van der Waals surface area contributed by atoms with Crippen molar-refractivity contribution < 1.29 is 0 Å².